The number of benzene rings is 3. The van der Waals surface area contributed by atoms with Crippen molar-refractivity contribution in [3.05, 3.63) is 93.9 Å². The van der Waals surface area contributed by atoms with Crippen LogP contribution in [0.15, 0.2) is 71.6 Å². The van der Waals surface area contributed by atoms with Crippen LogP contribution >= 0.6 is 11.8 Å². The van der Waals surface area contributed by atoms with Crippen LogP contribution in [0.3, 0.4) is 0 Å². The number of aryl methyl sites for hydroxylation is 2. The Bertz CT molecular complexity index is 1340. The van der Waals surface area contributed by atoms with E-state index in [1.807, 2.05) is 56.3 Å². The van der Waals surface area contributed by atoms with Crippen LogP contribution < -0.4 is 14.8 Å². The quantitative estimate of drug-likeness (QED) is 0.406. The topological polar surface area (TPSA) is 84.9 Å². The molecule has 0 saturated carbocycles. The maximum absolute atomic E-state index is 12.9. The molecule has 0 aromatic heterocycles. The van der Waals surface area contributed by atoms with Gasteiger partial charge in [-0.3, -0.25) is 19.3 Å². The second kappa shape index (κ2) is 11.1. The number of nitrogens with one attached hydrogen (secondary N) is 1. The number of anilines is 1. The van der Waals surface area contributed by atoms with Crippen LogP contribution in [-0.4, -0.2) is 35.6 Å². The zero-order valence-electron chi connectivity index (χ0n) is 20.2. The lowest BCUT2D eigenvalue weighted by atomic mass is 10.1. The highest BCUT2D eigenvalue weighted by Gasteiger charge is 2.36. The molecule has 3 amide bonds. The second-order valence-electron chi connectivity index (χ2n) is 8.30. The van der Waals surface area contributed by atoms with Crippen LogP contribution in [0.4, 0.5) is 10.5 Å². The van der Waals surface area contributed by atoms with Crippen LogP contribution in [0, 0.1) is 13.8 Å². The first-order chi connectivity index (χ1) is 17.3. The van der Waals surface area contributed by atoms with Crippen molar-refractivity contribution < 1.29 is 23.9 Å². The van der Waals surface area contributed by atoms with Gasteiger partial charge in [0.15, 0.2) is 11.5 Å². The van der Waals surface area contributed by atoms with Crippen molar-refractivity contribution in [1.82, 2.24) is 4.90 Å². The molecular weight excluding hydrogens is 476 g/mol. The third-order valence-corrected chi connectivity index (χ3v) is 6.60. The van der Waals surface area contributed by atoms with Crippen LogP contribution in [0.25, 0.3) is 6.08 Å². The summed E-state index contributed by atoms with van der Waals surface area (Å²) in [4.78, 5) is 39.0. The SMILES string of the molecule is COc1cc(/C=C2/SC(=O)N(CC(=O)Nc3ccc(C)c(C)c3)C2=O)ccc1OCc1ccccc1. The number of hydrogen-bond donors (Lipinski definition) is 1. The summed E-state index contributed by atoms with van der Waals surface area (Å²) in [5.41, 5.74) is 4.46. The predicted molar refractivity (Wildman–Crippen MR) is 141 cm³/mol. The zero-order chi connectivity index (χ0) is 25.7. The normalized spacial score (nSPS) is 14.3. The van der Waals surface area contributed by atoms with Crippen molar-refractivity contribution >= 4 is 40.6 Å². The van der Waals surface area contributed by atoms with E-state index in [2.05, 4.69) is 5.32 Å². The molecule has 1 fully saturated rings. The van der Waals surface area contributed by atoms with Crippen LogP contribution in [0.1, 0.15) is 22.3 Å². The van der Waals surface area contributed by atoms with Gasteiger partial charge in [-0.05, 0) is 78.2 Å². The summed E-state index contributed by atoms with van der Waals surface area (Å²) in [6, 6.07) is 20.6. The highest BCUT2D eigenvalue weighted by atomic mass is 32.2. The van der Waals surface area contributed by atoms with E-state index in [1.165, 1.54) is 7.11 Å². The average Bonchev–Trinajstić information content (AvgIpc) is 3.13. The van der Waals surface area contributed by atoms with Gasteiger partial charge in [-0.1, -0.05) is 42.5 Å². The molecule has 0 unspecified atom stereocenters. The van der Waals surface area contributed by atoms with Crippen molar-refractivity contribution in [3.8, 4) is 11.5 Å². The summed E-state index contributed by atoms with van der Waals surface area (Å²) < 4.78 is 11.3. The fraction of sp³-hybridized carbons (Fsp3) is 0.179. The number of methoxy groups -OCH3 is 1. The van der Waals surface area contributed by atoms with Crippen LogP contribution in [-0.2, 0) is 16.2 Å². The number of carbonyl (C=O) groups is 3. The Labute approximate surface area is 214 Å². The lowest BCUT2D eigenvalue weighted by Crippen LogP contribution is -2.36. The molecule has 0 aliphatic carbocycles. The minimum Gasteiger partial charge on any atom is -0.493 e. The molecular formula is C28H26N2O5S. The number of carbonyl (C=O) groups excluding carboxylic acids is 3. The molecule has 1 aliphatic rings. The van der Waals surface area contributed by atoms with E-state index in [0.717, 1.165) is 33.4 Å². The minimum atomic E-state index is -0.511. The fourth-order valence-corrected chi connectivity index (χ4v) is 4.42. The molecule has 0 atom stereocenters. The number of nitrogens with zero attached hydrogens (tertiary/aromatic N) is 1. The summed E-state index contributed by atoms with van der Waals surface area (Å²) in [7, 11) is 1.54. The van der Waals surface area contributed by atoms with Gasteiger partial charge < -0.3 is 14.8 Å². The largest absolute Gasteiger partial charge is 0.493 e. The first-order valence-electron chi connectivity index (χ1n) is 11.3. The Kier molecular flexibility index (Phi) is 7.75. The van der Waals surface area contributed by atoms with E-state index in [0.29, 0.717) is 29.4 Å². The molecule has 3 aromatic carbocycles. The van der Waals surface area contributed by atoms with Crippen molar-refractivity contribution in [2.45, 2.75) is 20.5 Å². The Morgan fingerprint density at radius 1 is 0.972 bits per heavy atom. The Morgan fingerprint density at radius 2 is 1.75 bits per heavy atom. The monoisotopic (exact) mass is 502 g/mol. The van der Waals surface area contributed by atoms with Crippen molar-refractivity contribution in [2.75, 3.05) is 19.0 Å². The third kappa shape index (κ3) is 5.95. The molecule has 1 aliphatic heterocycles. The molecule has 3 aromatic rings. The van der Waals surface area contributed by atoms with Gasteiger partial charge in [0.05, 0.1) is 12.0 Å². The third-order valence-electron chi connectivity index (χ3n) is 5.69. The van der Waals surface area contributed by atoms with Crippen molar-refractivity contribution in [3.63, 3.8) is 0 Å². The standard InChI is InChI=1S/C28H26N2O5S/c1-18-9-11-22(13-19(18)2)29-26(31)16-30-27(32)25(36-28(30)33)15-21-10-12-23(24(14-21)34-3)35-17-20-7-5-4-6-8-20/h4-15H,16-17H2,1-3H3,(H,29,31)/b25-15+. The highest BCUT2D eigenvalue weighted by molar-refractivity contribution is 8.18. The maximum atomic E-state index is 12.9. The van der Waals surface area contributed by atoms with Gasteiger partial charge in [-0.2, -0.15) is 0 Å². The Hall–Kier alpha value is -4.04. The molecule has 1 N–H and O–H groups in total. The van der Waals surface area contributed by atoms with E-state index in [-0.39, 0.29) is 11.4 Å². The highest BCUT2D eigenvalue weighted by Crippen LogP contribution is 2.34. The van der Waals surface area contributed by atoms with Gasteiger partial charge in [-0.25, -0.2) is 0 Å². The number of hydrogen-bond acceptors (Lipinski definition) is 6. The van der Waals surface area contributed by atoms with Gasteiger partial charge in [0, 0.05) is 5.69 Å². The number of amides is 3. The summed E-state index contributed by atoms with van der Waals surface area (Å²) >= 11 is 0.801. The second-order valence-corrected chi connectivity index (χ2v) is 9.29. The number of ether oxygens (including phenoxy) is 2. The van der Waals surface area contributed by atoms with E-state index in [9.17, 15) is 14.4 Å². The summed E-state index contributed by atoms with van der Waals surface area (Å²) in [5, 5.41) is 2.25. The molecule has 7 nitrogen and oxygen atoms in total. The van der Waals surface area contributed by atoms with Gasteiger partial charge >= 0.3 is 0 Å². The fourth-order valence-electron chi connectivity index (χ4n) is 3.58. The van der Waals surface area contributed by atoms with E-state index < -0.39 is 17.1 Å². The average molecular weight is 503 g/mol. The first kappa shape index (κ1) is 25.1. The molecule has 1 heterocycles. The van der Waals surface area contributed by atoms with E-state index in [1.54, 1.807) is 30.3 Å². The molecule has 8 heteroatoms. The predicted octanol–water partition coefficient (Wildman–Crippen LogP) is 5.57. The zero-order valence-corrected chi connectivity index (χ0v) is 21.1. The lowest BCUT2D eigenvalue weighted by molar-refractivity contribution is -0.127. The van der Waals surface area contributed by atoms with Crippen molar-refractivity contribution in [2.24, 2.45) is 0 Å². The van der Waals surface area contributed by atoms with E-state index in [4.69, 9.17) is 9.47 Å². The summed E-state index contributed by atoms with van der Waals surface area (Å²) in [5.74, 6) is 0.119. The Balaban J connectivity index is 1.42. The Morgan fingerprint density at radius 3 is 2.47 bits per heavy atom. The number of rotatable bonds is 8. The molecule has 1 saturated heterocycles. The molecule has 0 spiro atoms. The molecule has 0 bridgehead atoms. The molecule has 184 valence electrons. The smallest absolute Gasteiger partial charge is 0.294 e. The number of imide groups is 1. The van der Waals surface area contributed by atoms with Crippen LogP contribution in [0.5, 0.6) is 11.5 Å². The summed E-state index contributed by atoms with van der Waals surface area (Å²) in [6.45, 7) is 3.96. The lowest BCUT2D eigenvalue weighted by Gasteiger charge is -2.13. The van der Waals surface area contributed by atoms with Gasteiger partial charge in [0.2, 0.25) is 5.91 Å². The molecule has 0 radical (unpaired) electrons. The molecule has 4 rings (SSSR count). The van der Waals surface area contributed by atoms with Crippen LogP contribution in [0.2, 0.25) is 0 Å². The van der Waals surface area contributed by atoms with Gasteiger partial charge in [0.25, 0.3) is 11.1 Å². The van der Waals surface area contributed by atoms with Crippen molar-refractivity contribution in [1.29, 1.82) is 0 Å². The van der Waals surface area contributed by atoms with E-state index >= 15 is 0 Å². The maximum Gasteiger partial charge on any atom is 0.294 e. The summed E-state index contributed by atoms with van der Waals surface area (Å²) in [6.07, 6.45) is 1.61. The molecule has 36 heavy (non-hydrogen) atoms. The first-order valence-corrected chi connectivity index (χ1v) is 12.1. The number of thioether (sulfide) groups is 1. The minimum absolute atomic E-state index is 0.235. The van der Waals surface area contributed by atoms with Gasteiger partial charge in [0.1, 0.15) is 13.2 Å². The van der Waals surface area contributed by atoms with Gasteiger partial charge in [-0.15, -0.1) is 0 Å².